The fourth-order valence-corrected chi connectivity index (χ4v) is 1.55. The number of aliphatic hydroxyl groups excluding tert-OH is 1. The van der Waals surface area contributed by atoms with Crippen molar-refractivity contribution in [3.05, 3.63) is 53.7 Å². The standard InChI is InChI=1S/C13H14FNO2/c1-9-7-10(4-5-11(9)14)15-8-12(16)13-3-2-6-17-13/h2-7,12,15-16H,8H2,1H3. The molecule has 0 radical (unpaired) electrons. The molecule has 4 heteroatoms. The Morgan fingerprint density at radius 1 is 1.41 bits per heavy atom. The molecule has 1 unspecified atom stereocenters. The van der Waals surface area contributed by atoms with E-state index in [0.717, 1.165) is 5.69 Å². The van der Waals surface area contributed by atoms with E-state index in [0.29, 0.717) is 17.9 Å². The Hall–Kier alpha value is -1.81. The molecule has 3 nitrogen and oxygen atoms in total. The van der Waals surface area contributed by atoms with E-state index in [2.05, 4.69) is 5.32 Å². The van der Waals surface area contributed by atoms with Crippen molar-refractivity contribution in [2.75, 3.05) is 11.9 Å². The predicted molar refractivity (Wildman–Crippen MR) is 63.3 cm³/mol. The lowest BCUT2D eigenvalue weighted by Gasteiger charge is -2.11. The summed E-state index contributed by atoms with van der Waals surface area (Å²) >= 11 is 0. The average Bonchev–Trinajstić information content (AvgIpc) is 2.84. The number of anilines is 1. The molecular formula is C13H14FNO2. The number of rotatable bonds is 4. The zero-order valence-corrected chi connectivity index (χ0v) is 9.48. The Kier molecular flexibility index (Phi) is 3.44. The van der Waals surface area contributed by atoms with Crippen molar-refractivity contribution >= 4 is 5.69 Å². The van der Waals surface area contributed by atoms with E-state index >= 15 is 0 Å². The molecule has 17 heavy (non-hydrogen) atoms. The molecule has 1 heterocycles. The first-order chi connectivity index (χ1) is 8.16. The molecular weight excluding hydrogens is 221 g/mol. The van der Waals surface area contributed by atoms with Gasteiger partial charge in [-0.1, -0.05) is 0 Å². The van der Waals surface area contributed by atoms with Gasteiger partial charge in [0, 0.05) is 12.2 Å². The molecule has 0 aliphatic heterocycles. The Bertz CT molecular complexity index is 482. The number of aryl methyl sites for hydroxylation is 1. The van der Waals surface area contributed by atoms with Gasteiger partial charge in [0.2, 0.25) is 0 Å². The minimum Gasteiger partial charge on any atom is -0.467 e. The number of hydrogen-bond acceptors (Lipinski definition) is 3. The van der Waals surface area contributed by atoms with Crippen LogP contribution in [-0.2, 0) is 0 Å². The van der Waals surface area contributed by atoms with Crippen LogP contribution in [0.3, 0.4) is 0 Å². The average molecular weight is 235 g/mol. The molecule has 90 valence electrons. The van der Waals surface area contributed by atoms with E-state index in [1.165, 1.54) is 12.3 Å². The van der Waals surface area contributed by atoms with E-state index < -0.39 is 6.10 Å². The smallest absolute Gasteiger partial charge is 0.134 e. The summed E-state index contributed by atoms with van der Waals surface area (Å²) < 4.78 is 18.1. The topological polar surface area (TPSA) is 45.4 Å². The normalized spacial score (nSPS) is 12.4. The van der Waals surface area contributed by atoms with Gasteiger partial charge < -0.3 is 14.8 Å². The van der Waals surface area contributed by atoms with Crippen molar-refractivity contribution in [1.82, 2.24) is 0 Å². The quantitative estimate of drug-likeness (QED) is 0.856. The Balaban J connectivity index is 1.96. The Labute approximate surface area is 98.9 Å². The summed E-state index contributed by atoms with van der Waals surface area (Å²) in [5, 5.41) is 12.8. The van der Waals surface area contributed by atoms with E-state index in [1.807, 2.05) is 0 Å². The van der Waals surface area contributed by atoms with Crippen LogP contribution >= 0.6 is 0 Å². The molecule has 1 aromatic heterocycles. The minimum atomic E-state index is -0.713. The number of aliphatic hydroxyl groups is 1. The van der Waals surface area contributed by atoms with Gasteiger partial charge in [-0.2, -0.15) is 0 Å². The van der Waals surface area contributed by atoms with Crippen LogP contribution in [0, 0.1) is 12.7 Å². The largest absolute Gasteiger partial charge is 0.467 e. The Morgan fingerprint density at radius 2 is 2.24 bits per heavy atom. The maximum atomic E-state index is 13.0. The van der Waals surface area contributed by atoms with Crippen molar-refractivity contribution in [1.29, 1.82) is 0 Å². The fourth-order valence-electron chi connectivity index (χ4n) is 1.55. The first-order valence-electron chi connectivity index (χ1n) is 5.38. The zero-order chi connectivity index (χ0) is 12.3. The van der Waals surface area contributed by atoms with Gasteiger partial charge in [-0.15, -0.1) is 0 Å². The summed E-state index contributed by atoms with van der Waals surface area (Å²) in [7, 11) is 0. The van der Waals surface area contributed by atoms with Gasteiger partial charge in [0.25, 0.3) is 0 Å². The van der Waals surface area contributed by atoms with Gasteiger partial charge in [0.1, 0.15) is 17.7 Å². The number of hydrogen-bond donors (Lipinski definition) is 2. The lowest BCUT2D eigenvalue weighted by atomic mass is 10.2. The molecule has 2 aromatic rings. The van der Waals surface area contributed by atoms with Crippen LogP contribution in [0.4, 0.5) is 10.1 Å². The number of furan rings is 1. The lowest BCUT2D eigenvalue weighted by Crippen LogP contribution is -2.11. The number of nitrogens with one attached hydrogen (secondary N) is 1. The van der Waals surface area contributed by atoms with Crippen molar-refractivity contribution < 1.29 is 13.9 Å². The number of benzene rings is 1. The third-order valence-corrected chi connectivity index (χ3v) is 2.53. The highest BCUT2D eigenvalue weighted by atomic mass is 19.1. The van der Waals surface area contributed by atoms with Crippen LogP contribution in [0.15, 0.2) is 41.0 Å². The third kappa shape index (κ3) is 2.85. The second-order valence-electron chi connectivity index (χ2n) is 3.88. The number of halogens is 1. The molecule has 0 saturated carbocycles. The summed E-state index contributed by atoms with van der Waals surface area (Å²) in [6.45, 7) is 2.02. The highest BCUT2D eigenvalue weighted by Gasteiger charge is 2.09. The van der Waals surface area contributed by atoms with Gasteiger partial charge in [0.05, 0.1) is 6.26 Å². The molecule has 1 atom stereocenters. The van der Waals surface area contributed by atoms with Crippen molar-refractivity contribution in [2.45, 2.75) is 13.0 Å². The summed E-state index contributed by atoms with van der Waals surface area (Å²) in [6, 6.07) is 8.17. The molecule has 1 aromatic carbocycles. The monoisotopic (exact) mass is 235 g/mol. The lowest BCUT2D eigenvalue weighted by molar-refractivity contribution is 0.162. The molecule has 0 spiro atoms. The highest BCUT2D eigenvalue weighted by molar-refractivity contribution is 5.46. The second-order valence-corrected chi connectivity index (χ2v) is 3.88. The van der Waals surface area contributed by atoms with E-state index in [1.54, 1.807) is 31.2 Å². The molecule has 0 aliphatic carbocycles. The van der Waals surface area contributed by atoms with E-state index in [4.69, 9.17) is 4.42 Å². The summed E-state index contributed by atoms with van der Waals surface area (Å²) in [6.07, 6.45) is 0.802. The first kappa shape index (κ1) is 11.7. The van der Waals surface area contributed by atoms with Crippen molar-refractivity contribution in [3.8, 4) is 0 Å². The van der Waals surface area contributed by atoms with Crippen LogP contribution < -0.4 is 5.32 Å². The second kappa shape index (κ2) is 5.01. The molecule has 2 rings (SSSR count). The van der Waals surface area contributed by atoms with Gasteiger partial charge in [0.15, 0.2) is 0 Å². The summed E-state index contributed by atoms with van der Waals surface area (Å²) in [5.41, 5.74) is 1.34. The Morgan fingerprint density at radius 3 is 2.88 bits per heavy atom. The maximum absolute atomic E-state index is 13.0. The zero-order valence-electron chi connectivity index (χ0n) is 9.48. The van der Waals surface area contributed by atoms with Crippen LogP contribution in [-0.4, -0.2) is 11.7 Å². The van der Waals surface area contributed by atoms with Crippen molar-refractivity contribution in [3.63, 3.8) is 0 Å². The van der Waals surface area contributed by atoms with Crippen LogP contribution in [0.2, 0.25) is 0 Å². The molecule has 0 saturated heterocycles. The van der Waals surface area contributed by atoms with E-state index in [-0.39, 0.29) is 5.82 Å². The molecule has 0 bridgehead atoms. The van der Waals surface area contributed by atoms with Gasteiger partial charge in [-0.25, -0.2) is 4.39 Å². The fraction of sp³-hybridized carbons (Fsp3) is 0.231. The molecule has 2 N–H and O–H groups in total. The van der Waals surface area contributed by atoms with Gasteiger partial charge in [-0.05, 0) is 42.8 Å². The SMILES string of the molecule is Cc1cc(NCC(O)c2ccco2)ccc1F. The third-order valence-electron chi connectivity index (χ3n) is 2.53. The van der Waals surface area contributed by atoms with Crippen LogP contribution in [0.5, 0.6) is 0 Å². The van der Waals surface area contributed by atoms with Gasteiger partial charge in [-0.3, -0.25) is 0 Å². The van der Waals surface area contributed by atoms with Crippen LogP contribution in [0.25, 0.3) is 0 Å². The van der Waals surface area contributed by atoms with E-state index in [9.17, 15) is 9.50 Å². The summed E-state index contributed by atoms with van der Waals surface area (Å²) in [5.74, 6) is 0.276. The predicted octanol–water partition coefficient (Wildman–Crippen LogP) is 2.87. The molecule has 0 fully saturated rings. The maximum Gasteiger partial charge on any atom is 0.134 e. The molecule has 0 aliphatic rings. The molecule has 0 amide bonds. The van der Waals surface area contributed by atoms with Crippen molar-refractivity contribution in [2.24, 2.45) is 0 Å². The summed E-state index contributed by atoms with van der Waals surface area (Å²) in [4.78, 5) is 0. The van der Waals surface area contributed by atoms with Crippen LogP contribution in [0.1, 0.15) is 17.4 Å². The minimum absolute atomic E-state index is 0.234. The van der Waals surface area contributed by atoms with Gasteiger partial charge >= 0.3 is 0 Å². The highest BCUT2D eigenvalue weighted by Crippen LogP contribution is 2.17. The first-order valence-corrected chi connectivity index (χ1v) is 5.38.